The van der Waals surface area contributed by atoms with E-state index >= 15 is 0 Å². The molecule has 0 aliphatic heterocycles. The molecule has 4 aromatic rings. The highest BCUT2D eigenvalue weighted by Crippen LogP contribution is 2.29. The summed E-state index contributed by atoms with van der Waals surface area (Å²) >= 11 is 12.3. The molecular weight excluding hydrogens is 415 g/mol. The van der Waals surface area contributed by atoms with E-state index in [9.17, 15) is 0 Å². The number of H-pyrrole nitrogens is 1. The van der Waals surface area contributed by atoms with Gasteiger partial charge in [0.15, 0.2) is 0 Å². The molecule has 0 atom stereocenters. The van der Waals surface area contributed by atoms with Crippen LogP contribution in [0.25, 0.3) is 34.2 Å². The van der Waals surface area contributed by atoms with Crippen LogP contribution in [-0.2, 0) is 0 Å². The van der Waals surface area contributed by atoms with E-state index in [-0.39, 0.29) is 0 Å². The highest BCUT2D eigenvalue weighted by atomic mass is 35.5. The SMILES string of the molecule is CCCCOc1ccc2cc(/C=C/c3ncc(-c4ccc(Cl)cc4Cl)[nH]3)ccc2c1. The predicted molar refractivity (Wildman–Crippen MR) is 127 cm³/mol. The first-order valence-corrected chi connectivity index (χ1v) is 10.7. The van der Waals surface area contributed by atoms with E-state index in [1.165, 1.54) is 10.8 Å². The van der Waals surface area contributed by atoms with Gasteiger partial charge in [-0.15, -0.1) is 0 Å². The second-order valence-corrected chi connectivity index (χ2v) is 7.95. The zero-order valence-corrected chi connectivity index (χ0v) is 18.2. The quantitative estimate of drug-likeness (QED) is 0.299. The largest absolute Gasteiger partial charge is 0.494 e. The Kier molecular flexibility index (Phi) is 6.41. The number of rotatable bonds is 7. The minimum atomic E-state index is 0.592. The molecule has 30 heavy (non-hydrogen) atoms. The van der Waals surface area contributed by atoms with Gasteiger partial charge in [0.05, 0.1) is 23.5 Å². The normalized spacial score (nSPS) is 11.4. The molecule has 0 radical (unpaired) electrons. The average Bonchev–Trinajstić information content (AvgIpc) is 3.21. The van der Waals surface area contributed by atoms with Crippen LogP contribution in [0.15, 0.2) is 60.8 Å². The lowest BCUT2D eigenvalue weighted by molar-refractivity contribution is 0.310. The Balaban J connectivity index is 1.50. The number of fused-ring (bicyclic) bond motifs is 1. The molecule has 0 aliphatic carbocycles. The van der Waals surface area contributed by atoms with Crippen molar-refractivity contribution in [2.24, 2.45) is 0 Å². The van der Waals surface area contributed by atoms with Crippen molar-refractivity contribution in [1.82, 2.24) is 9.97 Å². The maximum Gasteiger partial charge on any atom is 0.130 e. The minimum absolute atomic E-state index is 0.592. The first-order valence-electron chi connectivity index (χ1n) is 9.97. The number of hydrogen-bond acceptors (Lipinski definition) is 2. The number of nitrogens with one attached hydrogen (secondary N) is 1. The molecule has 1 heterocycles. The van der Waals surface area contributed by atoms with Crippen LogP contribution in [0.1, 0.15) is 31.2 Å². The van der Waals surface area contributed by atoms with Gasteiger partial charge < -0.3 is 9.72 Å². The Bertz CT molecular complexity index is 1200. The van der Waals surface area contributed by atoms with Crippen molar-refractivity contribution in [3.63, 3.8) is 0 Å². The summed E-state index contributed by atoms with van der Waals surface area (Å²) in [6.07, 6.45) is 7.97. The Morgan fingerprint density at radius 2 is 1.80 bits per heavy atom. The number of aromatic nitrogens is 2. The maximum atomic E-state index is 6.29. The average molecular weight is 437 g/mol. The molecule has 1 N–H and O–H groups in total. The summed E-state index contributed by atoms with van der Waals surface area (Å²) in [5.41, 5.74) is 2.82. The van der Waals surface area contributed by atoms with Crippen molar-refractivity contribution >= 4 is 46.1 Å². The maximum absolute atomic E-state index is 6.29. The third-order valence-corrected chi connectivity index (χ3v) is 5.40. The third kappa shape index (κ3) is 4.86. The zero-order chi connectivity index (χ0) is 20.9. The van der Waals surface area contributed by atoms with E-state index in [0.29, 0.717) is 10.0 Å². The molecule has 1 aromatic heterocycles. The standard InChI is InChI=1S/C25H22Cl2N2O/c1-2-3-12-30-21-9-7-18-13-17(4-6-19(18)14-21)5-11-25-28-16-24(29-25)22-10-8-20(26)15-23(22)27/h4-11,13-16H,2-3,12H2,1H3,(H,28,29)/b11-5+. The number of nitrogens with zero attached hydrogens (tertiary/aromatic N) is 1. The molecule has 4 rings (SSSR count). The highest BCUT2D eigenvalue weighted by Gasteiger charge is 2.07. The Morgan fingerprint density at radius 3 is 2.63 bits per heavy atom. The van der Waals surface area contributed by atoms with E-state index in [4.69, 9.17) is 27.9 Å². The number of benzene rings is 3. The van der Waals surface area contributed by atoms with Gasteiger partial charge in [-0.1, -0.05) is 60.8 Å². The van der Waals surface area contributed by atoms with E-state index < -0.39 is 0 Å². The van der Waals surface area contributed by atoms with Crippen LogP contribution in [0, 0.1) is 0 Å². The molecule has 152 valence electrons. The molecule has 0 fully saturated rings. The molecular formula is C25H22Cl2N2O. The summed E-state index contributed by atoms with van der Waals surface area (Å²) < 4.78 is 5.80. The summed E-state index contributed by atoms with van der Waals surface area (Å²) in [5, 5.41) is 3.54. The first-order chi connectivity index (χ1) is 14.6. The van der Waals surface area contributed by atoms with Gasteiger partial charge in [0.25, 0.3) is 0 Å². The molecule has 3 nitrogen and oxygen atoms in total. The number of unbranched alkanes of at least 4 members (excludes halogenated alkanes) is 1. The Hall–Kier alpha value is -2.75. The molecule has 0 saturated heterocycles. The number of aromatic amines is 1. The number of imidazole rings is 1. The van der Waals surface area contributed by atoms with Crippen molar-refractivity contribution in [2.75, 3.05) is 6.61 Å². The lowest BCUT2D eigenvalue weighted by Gasteiger charge is -2.07. The molecule has 0 bridgehead atoms. The first kappa shape index (κ1) is 20.5. The summed E-state index contributed by atoms with van der Waals surface area (Å²) in [4.78, 5) is 7.72. The van der Waals surface area contributed by atoms with Gasteiger partial charge >= 0.3 is 0 Å². The zero-order valence-electron chi connectivity index (χ0n) is 16.7. The minimum Gasteiger partial charge on any atom is -0.494 e. The van der Waals surface area contributed by atoms with Crippen LogP contribution < -0.4 is 4.74 Å². The van der Waals surface area contributed by atoms with E-state index in [2.05, 4.69) is 47.2 Å². The van der Waals surface area contributed by atoms with E-state index in [0.717, 1.165) is 47.8 Å². The van der Waals surface area contributed by atoms with Crippen molar-refractivity contribution in [3.8, 4) is 17.0 Å². The fourth-order valence-electron chi connectivity index (χ4n) is 3.21. The van der Waals surface area contributed by atoms with Crippen LogP contribution in [0.2, 0.25) is 10.0 Å². The van der Waals surface area contributed by atoms with Gasteiger partial charge in [-0.05, 0) is 65.2 Å². The number of ether oxygens (including phenoxy) is 1. The monoisotopic (exact) mass is 436 g/mol. The van der Waals surface area contributed by atoms with E-state index in [1.54, 1.807) is 12.3 Å². The van der Waals surface area contributed by atoms with Crippen LogP contribution >= 0.6 is 23.2 Å². The lowest BCUT2D eigenvalue weighted by Crippen LogP contribution is -1.95. The van der Waals surface area contributed by atoms with Crippen LogP contribution in [-0.4, -0.2) is 16.6 Å². The molecule has 0 aliphatic rings. The van der Waals surface area contributed by atoms with Gasteiger partial charge in [0, 0.05) is 10.6 Å². The summed E-state index contributed by atoms with van der Waals surface area (Å²) in [6.45, 7) is 2.92. The van der Waals surface area contributed by atoms with Crippen molar-refractivity contribution < 1.29 is 4.74 Å². The summed E-state index contributed by atoms with van der Waals surface area (Å²) in [6, 6.07) is 18.0. The fourth-order valence-corrected chi connectivity index (χ4v) is 3.72. The van der Waals surface area contributed by atoms with Crippen LogP contribution in [0.5, 0.6) is 5.75 Å². The van der Waals surface area contributed by atoms with Crippen molar-refractivity contribution in [2.45, 2.75) is 19.8 Å². The second-order valence-electron chi connectivity index (χ2n) is 7.11. The van der Waals surface area contributed by atoms with Gasteiger partial charge in [-0.2, -0.15) is 0 Å². The van der Waals surface area contributed by atoms with E-state index in [1.807, 2.05) is 30.4 Å². The van der Waals surface area contributed by atoms with Crippen molar-refractivity contribution in [1.29, 1.82) is 0 Å². The molecule has 3 aromatic carbocycles. The topological polar surface area (TPSA) is 37.9 Å². The summed E-state index contributed by atoms with van der Waals surface area (Å²) in [5.74, 6) is 1.68. The Morgan fingerprint density at radius 1 is 0.967 bits per heavy atom. The number of hydrogen-bond donors (Lipinski definition) is 1. The third-order valence-electron chi connectivity index (χ3n) is 4.85. The molecule has 0 unspecified atom stereocenters. The summed E-state index contributed by atoms with van der Waals surface area (Å²) in [7, 11) is 0. The van der Waals surface area contributed by atoms with Gasteiger partial charge in [0.1, 0.15) is 11.6 Å². The second kappa shape index (κ2) is 9.38. The highest BCUT2D eigenvalue weighted by molar-refractivity contribution is 6.36. The molecule has 0 saturated carbocycles. The lowest BCUT2D eigenvalue weighted by atomic mass is 10.1. The van der Waals surface area contributed by atoms with Gasteiger partial charge in [-0.3, -0.25) is 0 Å². The Labute approximate surface area is 186 Å². The molecule has 0 amide bonds. The van der Waals surface area contributed by atoms with Crippen LogP contribution in [0.3, 0.4) is 0 Å². The van der Waals surface area contributed by atoms with Crippen molar-refractivity contribution in [3.05, 3.63) is 82.2 Å². The van der Waals surface area contributed by atoms with Crippen LogP contribution in [0.4, 0.5) is 0 Å². The predicted octanol–water partition coefficient (Wildman–Crippen LogP) is 7.89. The number of halogens is 2. The molecule has 5 heteroatoms. The fraction of sp³-hybridized carbons (Fsp3) is 0.160. The smallest absolute Gasteiger partial charge is 0.130 e. The van der Waals surface area contributed by atoms with Gasteiger partial charge in [0.2, 0.25) is 0 Å². The van der Waals surface area contributed by atoms with Gasteiger partial charge in [-0.25, -0.2) is 4.98 Å². The molecule has 0 spiro atoms.